The van der Waals surface area contributed by atoms with Gasteiger partial charge < -0.3 is 19.3 Å². The maximum atomic E-state index is 10.7. The fourth-order valence-corrected chi connectivity index (χ4v) is 3.82. The predicted molar refractivity (Wildman–Crippen MR) is 139 cm³/mol. The molecule has 7 nitrogen and oxygen atoms in total. The number of hydrogen-bond donors (Lipinski definition) is 1. The molecule has 0 radical (unpaired) electrons. The second kappa shape index (κ2) is 12.2. The summed E-state index contributed by atoms with van der Waals surface area (Å²) >= 11 is 0. The summed E-state index contributed by atoms with van der Waals surface area (Å²) in [6.45, 7) is 12.3. The van der Waals surface area contributed by atoms with Crippen molar-refractivity contribution in [1.82, 2.24) is 14.7 Å². The van der Waals surface area contributed by atoms with E-state index in [0.717, 1.165) is 35.7 Å². The fourth-order valence-electron chi connectivity index (χ4n) is 3.82. The van der Waals surface area contributed by atoms with Gasteiger partial charge in [-0.3, -0.25) is 4.90 Å². The minimum absolute atomic E-state index is 0.290. The molecule has 0 saturated heterocycles. The molecule has 190 valence electrons. The zero-order chi connectivity index (χ0) is 25.4. The smallest absolute Gasteiger partial charge is 0.227 e. The number of methoxy groups -OCH3 is 1. The Balaban J connectivity index is 1.92. The summed E-state index contributed by atoms with van der Waals surface area (Å²) in [5.41, 5.74) is 2.49. The van der Waals surface area contributed by atoms with E-state index in [-0.39, 0.29) is 5.60 Å². The monoisotopic (exact) mass is 481 g/mol. The van der Waals surface area contributed by atoms with Gasteiger partial charge in [-0.1, -0.05) is 31.2 Å². The number of aliphatic hydroxyl groups is 1. The van der Waals surface area contributed by atoms with Gasteiger partial charge in [0.25, 0.3) is 0 Å². The van der Waals surface area contributed by atoms with E-state index in [2.05, 4.69) is 11.8 Å². The maximum Gasteiger partial charge on any atom is 0.227 e. The number of nitrogens with zero attached hydrogens (tertiary/aromatic N) is 3. The van der Waals surface area contributed by atoms with E-state index in [1.54, 1.807) is 7.11 Å². The Bertz CT molecular complexity index is 1060. The summed E-state index contributed by atoms with van der Waals surface area (Å²) in [5.74, 6) is 2.05. The molecule has 3 rings (SSSR count). The molecule has 1 heterocycles. The van der Waals surface area contributed by atoms with Crippen molar-refractivity contribution >= 4 is 0 Å². The van der Waals surface area contributed by atoms with Crippen molar-refractivity contribution in [3.63, 3.8) is 0 Å². The highest BCUT2D eigenvalue weighted by Crippen LogP contribution is 2.33. The molecule has 0 saturated carbocycles. The van der Waals surface area contributed by atoms with Gasteiger partial charge in [-0.2, -0.15) is 5.10 Å². The van der Waals surface area contributed by atoms with Crippen molar-refractivity contribution < 1.29 is 19.3 Å². The Labute approximate surface area is 209 Å². The van der Waals surface area contributed by atoms with Crippen LogP contribution in [-0.4, -0.2) is 58.3 Å². The lowest BCUT2D eigenvalue weighted by Gasteiger charge is -2.27. The highest BCUT2D eigenvalue weighted by molar-refractivity contribution is 5.44. The SMILES string of the molecule is CCCN(Cc1c(C)nn(-c2ccccc2)c1Oc1cccc(OC)c1)CC(O)COC(C)(C)C. The molecule has 0 aliphatic heterocycles. The van der Waals surface area contributed by atoms with Crippen molar-refractivity contribution in [2.45, 2.75) is 59.3 Å². The highest BCUT2D eigenvalue weighted by Gasteiger charge is 2.23. The van der Waals surface area contributed by atoms with Gasteiger partial charge in [0.05, 0.1) is 42.4 Å². The van der Waals surface area contributed by atoms with Crippen LogP contribution in [-0.2, 0) is 11.3 Å². The number of benzene rings is 2. The Morgan fingerprint density at radius 2 is 1.77 bits per heavy atom. The quantitative estimate of drug-likeness (QED) is 0.375. The van der Waals surface area contributed by atoms with Gasteiger partial charge in [0, 0.05) is 19.2 Å². The van der Waals surface area contributed by atoms with Crippen molar-refractivity contribution in [1.29, 1.82) is 0 Å². The lowest BCUT2D eigenvalue weighted by Crippen LogP contribution is -2.37. The van der Waals surface area contributed by atoms with Gasteiger partial charge in [-0.25, -0.2) is 4.68 Å². The first-order valence-electron chi connectivity index (χ1n) is 12.2. The summed E-state index contributed by atoms with van der Waals surface area (Å²) in [6.07, 6.45) is 0.373. The maximum absolute atomic E-state index is 10.7. The molecule has 7 heteroatoms. The number of aromatic nitrogens is 2. The minimum Gasteiger partial charge on any atom is -0.497 e. The van der Waals surface area contributed by atoms with Crippen LogP contribution in [0.5, 0.6) is 17.4 Å². The first-order chi connectivity index (χ1) is 16.7. The van der Waals surface area contributed by atoms with Gasteiger partial charge >= 0.3 is 0 Å². The second-order valence-electron chi connectivity index (χ2n) is 9.71. The Morgan fingerprint density at radius 1 is 1.06 bits per heavy atom. The zero-order valence-electron chi connectivity index (χ0n) is 21.8. The molecule has 3 aromatic rings. The van der Waals surface area contributed by atoms with Gasteiger partial charge in [0.15, 0.2) is 0 Å². The van der Waals surface area contributed by atoms with Crippen LogP contribution in [0.4, 0.5) is 0 Å². The van der Waals surface area contributed by atoms with Crippen LogP contribution in [0.2, 0.25) is 0 Å². The van der Waals surface area contributed by atoms with E-state index in [1.165, 1.54) is 0 Å². The number of para-hydroxylation sites is 1. The zero-order valence-corrected chi connectivity index (χ0v) is 21.8. The number of rotatable bonds is 12. The summed E-state index contributed by atoms with van der Waals surface area (Å²) in [6, 6.07) is 17.5. The van der Waals surface area contributed by atoms with Crippen molar-refractivity contribution in [2.24, 2.45) is 0 Å². The molecule has 0 fully saturated rings. The Morgan fingerprint density at radius 3 is 2.43 bits per heavy atom. The van der Waals surface area contributed by atoms with Gasteiger partial charge in [0.1, 0.15) is 11.5 Å². The van der Waals surface area contributed by atoms with Gasteiger partial charge in [-0.05, 0) is 64.9 Å². The van der Waals surface area contributed by atoms with E-state index in [1.807, 2.05) is 87.0 Å². The number of aliphatic hydroxyl groups excluding tert-OH is 1. The van der Waals surface area contributed by atoms with Crippen LogP contribution in [0.1, 0.15) is 45.4 Å². The topological polar surface area (TPSA) is 69.0 Å². The molecule has 1 unspecified atom stereocenters. The molecule has 1 aromatic heterocycles. The first-order valence-corrected chi connectivity index (χ1v) is 12.2. The molecule has 0 bridgehead atoms. The summed E-state index contributed by atoms with van der Waals surface area (Å²) in [7, 11) is 1.64. The lowest BCUT2D eigenvalue weighted by molar-refractivity contribution is -0.0567. The number of hydrogen-bond acceptors (Lipinski definition) is 6. The molecular formula is C28H39N3O4. The number of ether oxygens (including phenoxy) is 3. The summed E-state index contributed by atoms with van der Waals surface area (Å²) in [5, 5.41) is 15.5. The van der Waals surface area contributed by atoms with Crippen LogP contribution in [0.25, 0.3) is 5.69 Å². The highest BCUT2D eigenvalue weighted by atomic mass is 16.5. The number of aryl methyl sites for hydroxylation is 1. The molecule has 35 heavy (non-hydrogen) atoms. The average Bonchev–Trinajstić information content (AvgIpc) is 3.13. The largest absolute Gasteiger partial charge is 0.497 e. The molecule has 1 atom stereocenters. The first kappa shape index (κ1) is 26.7. The van der Waals surface area contributed by atoms with E-state index >= 15 is 0 Å². The molecular weight excluding hydrogens is 442 g/mol. The molecule has 0 spiro atoms. The van der Waals surface area contributed by atoms with Crippen LogP contribution in [0, 0.1) is 6.92 Å². The van der Waals surface area contributed by atoms with E-state index < -0.39 is 6.10 Å². The lowest BCUT2D eigenvalue weighted by atomic mass is 10.2. The molecule has 1 N–H and O–H groups in total. The second-order valence-corrected chi connectivity index (χ2v) is 9.71. The van der Waals surface area contributed by atoms with E-state index in [9.17, 15) is 5.11 Å². The normalized spacial score (nSPS) is 12.7. The minimum atomic E-state index is -0.590. The fraction of sp³-hybridized carbons (Fsp3) is 0.464. The van der Waals surface area contributed by atoms with Crippen LogP contribution in [0.15, 0.2) is 54.6 Å². The molecule has 0 aliphatic carbocycles. The van der Waals surface area contributed by atoms with Crippen LogP contribution >= 0.6 is 0 Å². The van der Waals surface area contributed by atoms with E-state index in [0.29, 0.717) is 31.3 Å². The average molecular weight is 482 g/mol. The Kier molecular flexibility index (Phi) is 9.32. The van der Waals surface area contributed by atoms with Crippen molar-refractivity contribution in [3.8, 4) is 23.1 Å². The molecule has 0 aliphatic rings. The van der Waals surface area contributed by atoms with Crippen LogP contribution < -0.4 is 9.47 Å². The molecule has 0 amide bonds. The predicted octanol–water partition coefficient (Wildman–Crippen LogP) is 5.37. The third-order valence-corrected chi connectivity index (χ3v) is 5.49. The Hall–Kier alpha value is -2.87. The molecule has 2 aromatic carbocycles. The van der Waals surface area contributed by atoms with Crippen LogP contribution in [0.3, 0.4) is 0 Å². The third-order valence-electron chi connectivity index (χ3n) is 5.49. The van der Waals surface area contributed by atoms with E-state index in [4.69, 9.17) is 19.3 Å². The van der Waals surface area contributed by atoms with Crippen molar-refractivity contribution in [3.05, 3.63) is 65.9 Å². The van der Waals surface area contributed by atoms with Crippen molar-refractivity contribution in [2.75, 3.05) is 26.8 Å². The summed E-state index contributed by atoms with van der Waals surface area (Å²) in [4.78, 5) is 2.23. The summed E-state index contributed by atoms with van der Waals surface area (Å²) < 4.78 is 19.5. The van der Waals surface area contributed by atoms with Gasteiger partial charge in [-0.15, -0.1) is 0 Å². The standard InChI is InChI=1S/C28H39N3O4/c1-7-16-30(18-23(32)20-34-28(3,4)5)19-26-21(2)29-31(22-12-9-8-10-13-22)27(26)35-25-15-11-14-24(17-25)33-6/h8-15,17,23,32H,7,16,18-20H2,1-6H3. The van der Waals surface area contributed by atoms with Gasteiger partial charge in [0.2, 0.25) is 5.88 Å². The third kappa shape index (κ3) is 7.82.